The molecule has 2 heterocycles. The molecule has 0 unspecified atom stereocenters. The minimum atomic E-state index is -0.211. The number of carbonyl (C=O) groups excluding carboxylic acids is 2. The lowest BCUT2D eigenvalue weighted by atomic mass is 10.1. The number of thiazole rings is 2. The number of aryl methyl sites for hydroxylation is 2. The van der Waals surface area contributed by atoms with E-state index in [1.807, 2.05) is 123 Å². The van der Waals surface area contributed by atoms with Gasteiger partial charge in [0, 0.05) is 22.3 Å². The molecule has 2 amide bonds. The van der Waals surface area contributed by atoms with Crippen molar-refractivity contribution in [2.45, 2.75) is 13.8 Å². The van der Waals surface area contributed by atoms with Crippen molar-refractivity contribution in [1.29, 1.82) is 0 Å². The normalized spacial score (nSPS) is 10.8. The van der Waals surface area contributed by atoms with E-state index in [1.165, 1.54) is 22.7 Å². The topological polar surface area (TPSA) is 84.0 Å². The van der Waals surface area contributed by atoms with Gasteiger partial charge in [-0.1, -0.05) is 119 Å². The van der Waals surface area contributed by atoms with Gasteiger partial charge in [-0.3, -0.25) is 9.59 Å². The van der Waals surface area contributed by atoms with E-state index in [0.717, 1.165) is 22.3 Å². The maximum Gasteiger partial charge on any atom is 0.256 e. The molecule has 0 saturated carbocycles. The first-order valence-corrected chi connectivity index (χ1v) is 15.0. The van der Waals surface area contributed by atoms with Crippen molar-refractivity contribution < 1.29 is 9.59 Å². The first-order valence-electron chi connectivity index (χ1n) is 13.3. The van der Waals surface area contributed by atoms with E-state index in [0.29, 0.717) is 42.5 Å². The van der Waals surface area contributed by atoms with Gasteiger partial charge in [0.25, 0.3) is 11.8 Å². The third-order valence-corrected chi connectivity index (χ3v) is 8.70. The highest BCUT2D eigenvalue weighted by Crippen LogP contribution is 2.43. The summed E-state index contributed by atoms with van der Waals surface area (Å²) in [5, 5.41) is 8.69. The van der Waals surface area contributed by atoms with Gasteiger partial charge in [0.05, 0.1) is 0 Å². The van der Waals surface area contributed by atoms with Crippen LogP contribution in [0.3, 0.4) is 0 Å². The van der Waals surface area contributed by atoms with Gasteiger partial charge in [0.15, 0.2) is 10.0 Å². The van der Waals surface area contributed by atoms with E-state index < -0.39 is 0 Å². The predicted octanol–water partition coefficient (Wildman–Crippen LogP) is 8.72. The first-order chi connectivity index (χ1) is 20.4. The smallest absolute Gasteiger partial charge is 0.256 e. The Kier molecular flexibility index (Phi) is 7.72. The maximum absolute atomic E-state index is 13.2. The van der Waals surface area contributed by atoms with Crippen LogP contribution in [0.1, 0.15) is 31.8 Å². The Labute approximate surface area is 251 Å². The zero-order valence-electron chi connectivity index (χ0n) is 22.9. The van der Waals surface area contributed by atoms with Crippen LogP contribution in [-0.4, -0.2) is 21.8 Å². The molecule has 0 fully saturated rings. The summed E-state index contributed by atoms with van der Waals surface area (Å²) >= 11 is 2.72. The van der Waals surface area contributed by atoms with Crippen LogP contribution >= 0.6 is 22.7 Å². The minimum Gasteiger partial charge on any atom is -0.312 e. The van der Waals surface area contributed by atoms with Crippen LogP contribution in [-0.2, 0) is 0 Å². The van der Waals surface area contributed by atoms with Crippen LogP contribution in [0.5, 0.6) is 0 Å². The van der Waals surface area contributed by atoms with Crippen LogP contribution in [0.25, 0.3) is 32.5 Å². The lowest BCUT2D eigenvalue weighted by molar-refractivity contribution is 0.101. The van der Waals surface area contributed by atoms with Crippen molar-refractivity contribution in [3.8, 4) is 32.5 Å². The van der Waals surface area contributed by atoms with Crippen LogP contribution in [0.2, 0.25) is 0 Å². The lowest BCUT2D eigenvalue weighted by Crippen LogP contribution is -2.11. The molecule has 0 saturated heterocycles. The van der Waals surface area contributed by atoms with Crippen LogP contribution < -0.4 is 10.6 Å². The molecule has 206 valence electrons. The number of hydrogen-bond acceptors (Lipinski definition) is 6. The average Bonchev–Trinajstić information content (AvgIpc) is 3.63. The Hall–Kier alpha value is -4.92. The van der Waals surface area contributed by atoms with Crippen molar-refractivity contribution in [2.24, 2.45) is 0 Å². The maximum atomic E-state index is 13.2. The summed E-state index contributed by atoms with van der Waals surface area (Å²) in [6.45, 7) is 3.97. The highest BCUT2D eigenvalue weighted by molar-refractivity contribution is 7.25. The fraction of sp³-hybridized carbons (Fsp3) is 0.0588. The average molecular weight is 587 g/mol. The van der Waals surface area contributed by atoms with Gasteiger partial charge in [-0.05, 0) is 38.1 Å². The molecule has 0 atom stereocenters. The Bertz CT molecular complexity index is 1720. The highest BCUT2D eigenvalue weighted by atomic mass is 32.1. The highest BCUT2D eigenvalue weighted by Gasteiger charge is 2.23. The zero-order chi connectivity index (χ0) is 29.1. The molecule has 0 radical (unpaired) electrons. The molecular formula is C34H26N4O2S2. The Morgan fingerprint density at radius 1 is 0.524 bits per heavy atom. The SMILES string of the molecule is Cc1ccc(C(=O)Nc2sc(-c3nc(-c4ccccc4)c(NC(=O)c4ccc(C)cc4)s3)nc2-c2ccccc2)cc1. The summed E-state index contributed by atoms with van der Waals surface area (Å²) in [6.07, 6.45) is 0. The number of aromatic nitrogens is 2. The summed E-state index contributed by atoms with van der Waals surface area (Å²) in [7, 11) is 0. The second-order valence-electron chi connectivity index (χ2n) is 9.77. The number of rotatable bonds is 7. The van der Waals surface area contributed by atoms with Crippen molar-refractivity contribution in [3.05, 3.63) is 131 Å². The number of amides is 2. The number of anilines is 2. The van der Waals surface area contributed by atoms with E-state index in [4.69, 9.17) is 9.97 Å². The zero-order valence-corrected chi connectivity index (χ0v) is 24.6. The molecule has 0 aliphatic heterocycles. The molecular weight excluding hydrogens is 561 g/mol. The summed E-state index contributed by atoms with van der Waals surface area (Å²) < 4.78 is 0. The molecule has 0 bridgehead atoms. The van der Waals surface area contributed by atoms with E-state index >= 15 is 0 Å². The summed E-state index contributed by atoms with van der Waals surface area (Å²) in [6, 6.07) is 34.4. The molecule has 0 aliphatic carbocycles. The third kappa shape index (κ3) is 5.90. The van der Waals surface area contributed by atoms with Gasteiger partial charge in [-0.2, -0.15) is 0 Å². The molecule has 8 heteroatoms. The number of hydrogen-bond donors (Lipinski definition) is 2. The fourth-order valence-corrected chi connectivity index (χ4v) is 6.32. The first kappa shape index (κ1) is 27.3. The summed E-state index contributed by atoms with van der Waals surface area (Å²) in [5.74, 6) is -0.421. The number of carbonyl (C=O) groups is 2. The second-order valence-corrected chi connectivity index (χ2v) is 11.8. The van der Waals surface area contributed by atoms with Crippen molar-refractivity contribution in [3.63, 3.8) is 0 Å². The van der Waals surface area contributed by atoms with Gasteiger partial charge in [0.2, 0.25) is 0 Å². The molecule has 6 nitrogen and oxygen atoms in total. The van der Waals surface area contributed by atoms with E-state index in [1.54, 1.807) is 0 Å². The van der Waals surface area contributed by atoms with Crippen LogP contribution in [0.4, 0.5) is 10.0 Å². The second kappa shape index (κ2) is 11.9. The van der Waals surface area contributed by atoms with Gasteiger partial charge >= 0.3 is 0 Å². The number of nitrogens with one attached hydrogen (secondary N) is 2. The molecule has 2 N–H and O–H groups in total. The molecule has 42 heavy (non-hydrogen) atoms. The Morgan fingerprint density at radius 3 is 1.24 bits per heavy atom. The summed E-state index contributed by atoms with van der Waals surface area (Å²) in [4.78, 5) is 36.3. The van der Waals surface area contributed by atoms with Gasteiger partial charge < -0.3 is 10.6 Å². The predicted molar refractivity (Wildman–Crippen MR) is 172 cm³/mol. The lowest BCUT2D eigenvalue weighted by Gasteiger charge is -2.05. The number of benzene rings is 4. The van der Waals surface area contributed by atoms with E-state index in [2.05, 4.69) is 10.6 Å². The Balaban J connectivity index is 1.40. The Morgan fingerprint density at radius 2 is 0.881 bits per heavy atom. The van der Waals surface area contributed by atoms with Gasteiger partial charge in [-0.25, -0.2) is 9.97 Å². The van der Waals surface area contributed by atoms with Crippen molar-refractivity contribution in [2.75, 3.05) is 10.6 Å². The molecule has 4 aromatic carbocycles. The largest absolute Gasteiger partial charge is 0.312 e. The van der Waals surface area contributed by atoms with Crippen molar-refractivity contribution >= 4 is 44.5 Å². The molecule has 6 rings (SSSR count). The third-order valence-electron chi connectivity index (χ3n) is 6.61. The van der Waals surface area contributed by atoms with Crippen molar-refractivity contribution in [1.82, 2.24) is 9.97 Å². The number of nitrogens with zero attached hydrogens (tertiary/aromatic N) is 2. The standard InChI is InChI=1S/C34H26N4O2S2/c1-21-13-17-25(18-14-21)29(39)37-31-27(23-9-5-3-6-10-23)35-33(41-31)34-36-28(24-11-7-4-8-12-24)32(42-34)38-30(40)26-19-15-22(2)16-20-26/h3-20H,1-2H3,(H,37,39)(H,38,40). The van der Waals surface area contributed by atoms with Gasteiger partial charge in [0.1, 0.15) is 21.4 Å². The van der Waals surface area contributed by atoms with Crippen LogP contribution in [0.15, 0.2) is 109 Å². The van der Waals surface area contributed by atoms with Crippen LogP contribution in [0, 0.1) is 13.8 Å². The molecule has 2 aromatic heterocycles. The van der Waals surface area contributed by atoms with E-state index in [9.17, 15) is 9.59 Å². The molecule has 0 aliphatic rings. The monoisotopic (exact) mass is 586 g/mol. The molecule has 6 aromatic rings. The molecule has 0 spiro atoms. The van der Waals surface area contributed by atoms with E-state index in [-0.39, 0.29) is 11.8 Å². The fourth-order valence-electron chi connectivity index (χ4n) is 4.34. The quantitative estimate of drug-likeness (QED) is 0.196. The minimum absolute atomic E-state index is 0.211. The summed E-state index contributed by atoms with van der Waals surface area (Å²) in [5.41, 5.74) is 6.39. The van der Waals surface area contributed by atoms with Gasteiger partial charge in [-0.15, -0.1) is 0 Å².